The largest absolute Gasteiger partial charge is 0.316 e. The summed E-state index contributed by atoms with van der Waals surface area (Å²) in [5.74, 6) is 1.76. The van der Waals surface area contributed by atoms with Gasteiger partial charge in [0.25, 0.3) is 0 Å². The van der Waals surface area contributed by atoms with Crippen LogP contribution in [0.3, 0.4) is 0 Å². The Hall–Kier alpha value is -0.120. The van der Waals surface area contributed by atoms with Crippen LogP contribution in [0.25, 0.3) is 0 Å². The summed E-state index contributed by atoms with van der Waals surface area (Å²) in [6, 6.07) is 0.744. The van der Waals surface area contributed by atoms with Gasteiger partial charge in [-0.05, 0) is 71.4 Å². The Labute approximate surface area is 93.6 Å². The Balaban J connectivity index is 1.88. The molecule has 15 heavy (non-hydrogen) atoms. The molecule has 0 aliphatic carbocycles. The van der Waals surface area contributed by atoms with Crippen LogP contribution in [0.2, 0.25) is 0 Å². The van der Waals surface area contributed by atoms with E-state index in [-0.39, 0.29) is 0 Å². The van der Waals surface area contributed by atoms with Crippen LogP contribution >= 0.6 is 0 Å². The number of hydrogen-bond donors (Lipinski definition) is 2. The van der Waals surface area contributed by atoms with E-state index in [0.29, 0.717) is 0 Å². The van der Waals surface area contributed by atoms with Gasteiger partial charge in [0.15, 0.2) is 0 Å². The molecule has 2 rings (SSSR count). The van der Waals surface area contributed by atoms with Crippen LogP contribution in [0.15, 0.2) is 0 Å². The Bertz CT molecular complexity index is 181. The quantitative estimate of drug-likeness (QED) is 0.713. The molecule has 2 heterocycles. The average Bonchev–Trinajstić information content (AvgIpc) is 2.75. The average molecular weight is 211 g/mol. The fourth-order valence-corrected chi connectivity index (χ4v) is 3.23. The van der Waals surface area contributed by atoms with Crippen LogP contribution in [-0.4, -0.2) is 51.2 Å². The van der Waals surface area contributed by atoms with Crippen LogP contribution in [0.1, 0.15) is 19.3 Å². The molecule has 0 aromatic carbocycles. The van der Waals surface area contributed by atoms with Crippen molar-refractivity contribution in [2.24, 2.45) is 11.8 Å². The van der Waals surface area contributed by atoms with Gasteiger partial charge in [0.05, 0.1) is 0 Å². The summed E-state index contributed by atoms with van der Waals surface area (Å²) >= 11 is 0. The van der Waals surface area contributed by atoms with E-state index in [1.54, 1.807) is 0 Å². The van der Waals surface area contributed by atoms with E-state index in [4.69, 9.17) is 0 Å². The third kappa shape index (κ3) is 2.71. The fourth-order valence-electron chi connectivity index (χ4n) is 3.23. The molecular formula is C12H25N3. The van der Waals surface area contributed by atoms with E-state index in [1.807, 2.05) is 0 Å². The molecule has 0 amide bonds. The Morgan fingerprint density at radius 1 is 1.20 bits per heavy atom. The normalized spacial score (nSPS) is 32.0. The highest BCUT2D eigenvalue weighted by Crippen LogP contribution is 2.26. The lowest BCUT2D eigenvalue weighted by Gasteiger charge is -2.36. The van der Waals surface area contributed by atoms with E-state index < -0.39 is 0 Å². The summed E-state index contributed by atoms with van der Waals surface area (Å²) in [6.07, 6.45) is 4.11. The first kappa shape index (κ1) is 11.4. The van der Waals surface area contributed by atoms with Crippen LogP contribution in [-0.2, 0) is 0 Å². The van der Waals surface area contributed by atoms with Gasteiger partial charge in [0.2, 0.25) is 0 Å². The lowest BCUT2D eigenvalue weighted by molar-refractivity contribution is 0.163. The lowest BCUT2D eigenvalue weighted by Crippen LogP contribution is -2.45. The summed E-state index contributed by atoms with van der Waals surface area (Å²) in [5.41, 5.74) is 0. The summed E-state index contributed by atoms with van der Waals surface area (Å²) in [4.78, 5) is 2.45. The number of nitrogens with one attached hydrogen (secondary N) is 2. The smallest absolute Gasteiger partial charge is 0.0134 e. The predicted molar refractivity (Wildman–Crippen MR) is 64.0 cm³/mol. The molecule has 2 unspecified atom stereocenters. The number of rotatable bonds is 3. The molecule has 2 saturated heterocycles. The van der Waals surface area contributed by atoms with Gasteiger partial charge in [-0.1, -0.05) is 0 Å². The van der Waals surface area contributed by atoms with Gasteiger partial charge in [-0.15, -0.1) is 0 Å². The molecule has 0 saturated carbocycles. The number of hydrogen-bond acceptors (Lipinski definition) is 3. The zero-order chi connectivity index (χ0) is 10.7. The van der Waals surface area contributed by atoms with E-state index in [0.717, 1.165) is 17.9 Å². The van der Waals surface area contributed by atoms with E-state index in [2.05, 4.69) is 29.6 Å². The first-order valence-corrected chi connectivity index (χ1v) is 6.38. The van der Waals surface area contributed by atoms with Crippen molar-refractivity contribution < 1.29 is 0 Å². The highest BCUT2D eigenvalue weighted by molar-refractivity contribution is 4.89. The Morgan fingerprint density at radius 2 is 1.93 bits per heavy atom. The topological polar surface area (TPSA) is 27.3 Å². The van der Waals surface area contributed by atoms with Crippen LogP contribution < -0.4 is 10.6 Å². The summed E-state index contributed by atoms with van der Waals surface area (Å²) in [5, 5.41) is 7.05. The van der Waals surface area contributed by atoms with Gasteiger partial charge < -0.3 is 15.5 Å². The number of nitrogens with zero attached hydrogens (tertiary/aromatic N) is 1. The molecule has 3 heteroatoms. The van der Waals surface area contributed by atoms with Gasteiger partial charge in [0.1, 0.15) is 0 Å². The minimum atomic E-state index is 0.744. The Morgan fingerprint density at radius 3 is 2.47 bits per heavy atom. The molecule has 0 aromatic rings. The SMILES string of the molecule is CNC(C1CCN(C)CC1)C1CCNC1. The van der Waals surface area contributed by atoms with Crippen LogP contribution in [0, 0.1) is 11.8 Å². The highest BCUT2D eigenvalue weighted by Gasteiger charge is 2.31. The maximum atomic E-state index is 3.57. The van der Waals surface area contributed by atoms with E-state index in [9.17, 15) is 0 Å². The molecule has 2 atom stereocenters. The molecule has 0 bridgehead atoms. The second-order valence-electron chi connectivity index (χ2n) is 5.21. The van der Waals surface area contributed by atoms with Crippen molar-refractivity contribution in [2.45, 2.75) is 25.3 Å². The maximum absolute atomic E-state index is 3.57. The third-order valence-electron chi connectivity index (χ3n) is 4.21. The van der Waals surface area contributed by atoms with Crippen LogP contribution in [0.5, 0.6) is 0 Å². The standard InChI is InChI=1S/C12H25N3/c1-13-12(11-3-6-14-9-11)10-4-7-15(2)8-5-10/h10-14H,3-9H2,1-2H3. The predicted octanol–water partition coefficient (Wildman–Crippen LogP) is 0.526. The first-order valence-electron chi connectivity index (χ1n) is 6.38. The third-order valence-corrected chi connectivity index (χ3v) is 4.21. The number of piperidine rings is 1. The van der Waals surface area contributed by atoms with E-state index in [1.165, 1.54) is 45.4 Å². The highest BCUT2D eigenvalue weighted by atomic mass is 15.1. The zero-order valence-electron chi connectivity index (χ0n) is 10.1. The first-order chi connectivity index (χ1) is 7.31. The summed E-state index contributed by atoms with van der Waals surface area (Å²) in [7, 11) is 4.38. The molecule has 3 nitrogen and oxygen atoms in total. The molecule has 88 valence electrons. The summed E-state index contributed by atoms with van der Waals surface area (Å²) < 4.78 is 0. The lowest BCUT2D eigenvalue weighted by atomic mass is 9.82. The van der Waals surface area contributed by atoms with E-state index >= 15 is 0 Å². The van der Waals surface area contributed by atoms with Crippen molar-refractivity contribution in [3.63, 3.8) is 0 Å². The molecule has 2 aliphatic heterocycles. The van der Waals surface area contributed by atoms with Gasteiger partial charge in [-0.2, -0.15) is 0 Å². The number of likely N-dealkylation sites (tertiary alicyclic amines) is 1. The van der Waals surface area contributed by atoms with Crippen LogP contribution in [0.4, 0.5) is 0 Å². The molecular weight excluding hydrogens is 186 g/mol. The molecule has 0 aromatic heterocycles. The van der Waals surface area contributed by atoms with Crippen molar-refractivity contribution in [3.05, 3.63) is 0 Å². The van der Waals surface area contributed by atoms with Crippen molar-refractivity contribution >= 4 is 0 Å². The molecule has 0 radical (unpaired) electrons. The zero-order valence-corrected chi connectivity index (χ0v) is 10.1. The molecule has 0 spiro atoms. The maximum Gasteiger partial charge on any atom is 0.0134 e. The van der Waals surface area contributed by atoms with Crippen molar-refractivity contribution in [2.75, 3.05) is 40.3 Å². The minimum Gasteiger partial charge on any atom is -0.316 e. The molecule has 2 fully saturated rings. The summed E-state index contributed by atoms with van der Waals surface area (Å²) in [6.45, 7) is 5.00. The monoisotopic (exact) mass is 211 g/mol. The second kappa shape index (κ2) is 5.28. The van der Waals surface area contributed by atoms with Gasteiger partial charge in [0, 0.05) is 6.04 Å². The van der Waals surface area contributed by atoms with Gasteiger partial charge >= 0.3 is 0 Å². The van der Waals surface area contributed by atoms with Gasteiger partial charge in [-0.25, -0.2) is 0 Å². The van der Waals surface area contributed by atoms with Crippen molar-refractivity contribution in [3.8, 4) is 0 Å². The van der Waals surface area contributed by atoms with Crippen molar-refractivity contribution in [1.29, 1.82) is 0 Å². The Kier molecular flexibility index (Phi) is 4.00. The molecule has 2 N–H and O–H groups in total. The molecule has 2 aliphatic rings. The van der Waals surface area contributed by atoms with Gasteiger partial charge in [-0.3, -0.25) is 0 Å². The second-order valence-corrected chi connectivity index (χ2v) is 5.21. The fraction of sp³-hybridized carbons (Fsp3) is 1.00. The minimum absolute atomic E-state index is 0.744. The van der Waals surface area contributed by atoms with Crippen molar-refractivity contribution in [1.82, 2.24) is 15.5 Å².